The minimum absolute atomic E-state index is 0.253. The van der Waals surface area contributed by atoms with Crippen molar-refractivity contribution in [2.24, 2.45) is 0 Å². The molecule has 2 aromatic carbocycles. The normalized spacial score (nSPS) is 15.7. The Bertz CT molecular complexity index is 1050. The number of aromatic nitrogens is 2. The molecular weight excluding hydrogens is 413 g/mol. The highest BCUT2D eigenvalue weighted by Crippen LogP contribution is 2.24. The highest BCUT2D eigenvalue weighted by Gasteiger charge is 2.13. The number of nitrogens with one attached hydrogen (secondary N) is 1. The third-order valence-electron chi connectivity index (χ3n) is 5.51. The van der Waals surface area contributed by atoms with E-state index in [1.54, 1.807) is 12.1 Å². The van der Waals surface area contributed by atoms with Gasteiger partial charge < -0.3 is 15.1 Å². The van der Waals surface area contributed by atoms with Crippen LogP contribution in [0.5, 0.6) is 0 Å². The molecule has 4 rings (SSSR count). The van der Waals surface area contributed by atoms with Gasteiger partial charge in [0.2, 0.25) is 0 Å². The zero-order valence-electron chi connectivity index (χ0n) is 17.7. The number of piperazine rings is 1. The first-order valence-electron chi connectivity index (χ1n) is 10.6. The van der Waals surface area contributed by atoms with Gasteiger partial charge in [0.1, 0.15) is 11.6 Å². The SMILES string of the molecule is CN1CCN(CCCNc2nc(C=Cc3ccc(F)cc3)nc3cc(Cl)ccc23)CC1. The molecule has 0 amide bonds. The van der Waals surface area contributed by atoms with Crippen molar-refractivity contribution >= 4 is 40.5 Å². The molecule has 162 valence electrons. The maximum Gasteiger partial charge on any atom is 0.154 e. The first-order valence-corrected chi connectivity index (χ1v) is 11.0. The van der Waals surface area contributed by atoms with E-state index in [9.17, 15) is 4.39 Å². The summed E-state index contributed by atoms with van der Waals surface area (Å²) in [5.41, 5.74) is 1.68. The molecule has 1 aliphatic rings. The Labute approximate surface area is 187 Å². The van der Waals surface area contributed by atoms with E-state index in [0.717, 1.165) is 68.0 Å². The molecule has 1 fully saturated rings. The van der Waals surface area contributed by atoms with Gasteiger partial charge in [-0.05, 0) is 62.0 Å². The molecule has 0 spiro atoms. The molecule has 0 aliphatic carbocycles. The summed E-state index contributed by atoms with van der Waals surface area (Å²) in [7, 11) is 2.17. The molecule has 1 aliphatic heterocycles. The van der Waals surface area contributed by atoms with Gasteiger partial charge in [-0.2, -0.15) is 0 Å². The number of nitrogens with zero attached hydrogens (tertiary/aromatic N) is 4. The molecular formula is C24H27ClFN5. The van der Waals surface area contributed by atoms with Crippen molar-refractivity contribution in [3.05, 3.63) is 64.7 Å². The predicted octanol–water partition coefficient (Wildman–Crippen LogP) is 4.64. The Morgan fingerprint density at radius 2 is 1.81 bits per heavy atom. The number of fused-ring (bicyclic) bond motifs is 1. The number of hydrogen-bond donors (Lipinski definition) is 1. The monoisotopic (exact) mass is 439 g/mol. The standard InChI is InChI=1S/C24H27ClFN5/c1-30-13-15-31(16-14-30)12-2-11-27-24-21-9-6-19(25)17-22(21)28-23(29-24)10-5-18-3-7-20(26)8-4-18/h3-10,17H,2,11-16H2,1H3,(H,27,28,29). The molecule has 0 saturated carbocycles. The van der Waals surface area contributed by atoms with Gasteiger partial charge in [0.15, 0.2) is 5.82 Å². The predicted molar refractivity (Wildman–Crippen MR) is 127 cm³/mol. The van der Waals surface area contributed by atoms with Gasteiger partial charge in [-0.1, -0.05) is 29.8 Å². The van der Waals surface area contributed by atoms with Crippen molar-refractivity contribution in [2.45, 2.75) is 6.42 Å². The second-order valence-electron chi connectivity index (χ2n) is 7.90. The van der Waals surface area contributed by atoms with Crippen LogP contribution in [0, 0.1) is 5.82 Å². The van der Waals surface area contributed by atoms with Crippen molar-refractivity contribution in [1.82, 2.24) is 19.8 Å². The zero-order valence-corrected chi connectivity index (χ0v) is 18.4. The average Bonchev–Trinajstić information content (AvgIpc) is 2.77. The van der Waals surface area contributed by atoms with Crippen molar-refractivity contribution in [1.29, 1.82) is 0 Å². The Kier molecular flexibility index (Phi) is 7.12. The minimum atomic E-state index is -0.253. The third kappa shape index (κ3) is 6.00. The van der Waals surface area contributed by atoms with E-state index >= 15 is 0 Å². The van der Waals surface area contributed by atoms with Gasteiger partial charge in [0.05, 0.1) is 5.52 Å². The first-order chi connectivity index (χ1) is 15.1. The van der Waals surface area contributed by atoms with Crippen LogP contribution < -0.4 is 5.32 Å². The lowest BCUT2D eigenvalue weighted by atomic mass is 10.2. The van der Waals surface area contributed by atoms with Crippen LogP contribution in [-0.2, 0) is 0 Å². The molecule has 3 aromatic rings. The van der Waals surface area contributed by atoms with E-state index in [2.05, 4.69) is 27.1 Å². The number of hydrogen-bond acceptors (Lipinski definition) is 5. The van der Waals surface area contributed by atoms with Crippen LogP contribution in [0.3, 0.4) is 0 Å². The molecule has 5 nitrogen and oxygen atoms in total. The second-order valence-corrected chi connectivity index (χ2v) is 8.34. The Morgan fingerprint density at radius 1 is 1.03 bits per heavy atom. The van der Waals surface area contributed by atoms with Crippen LogP contribution in [-0.4, -0.2) is 66.1 Å². The van der Waals surface area contributed by atoms with E-state index in [4.69, 9.17) is 16.6 Å². The summed E-state index contributed by atoms with van der Waals surface area (Å²) in [6, 6.07) is 12.0. The Balaban J connectivity index is 1.46. The maximum absolute atomic E-state index is 13.1. The average molecular weight is 440 g/mol. The molecule has 7 heteroatoms. The van der Waals surface area contributed by atoms with E-state index < -0.39 is 0 Å². The van der Waals surface area contributed by atoms with Crippen LogP contribution in [0.25, 0.3) is 23.1 Å². The lowest BCUT2D eigenvalue weighted by Gasteiger charge is -2.32. The largest absolute Gasteiger partial charge is 0.369 e. The summed E-state index contributed by atoms with van der Waals surface area (Å²) in [6.45, 7) is 6.44. The molecule has 0 unspecified atom stereocenters. The smallest absolute Gasteiger partial charge is 0.154 e. The molecule has 1 saturated heterocycles. The number of anilines is 1. The van der Waals surface area contributed by atoms with Crippen LogP contribution in [0.4, 0.5) is 10.2 Å². The summed E-state index contributed by atoms with van der Waals surface area (Å²) in [4.78, 5) is 14.2. The van der Waals surface area contributed by atoms with Crippen LogP contribution in [0.2, 0.25) is 5.02 Å². The molecule has 1 N–H and O–H groups in total. The van der Waals surface area contributed by atoms with Gasteiger partial charge in [0, 0.05) is 43.1 Å². The molecule has 31 heavy (non-hydrogen) atoms. The topological polar surface area (TPSA) is 44.3 Å². The fraction of sp³-hybridized carbons (Fsp3) is 0.333. The van der Waals surface area contributed by atoms with E-state index in [-0.39, 0.29) is 5.82 Å². The molecule has 0 atom stereocenters. The van der Waals surface area contributed by atoms with Crippen molar-refractivity contribution in [2.75, 3.05) is 51.6 Å². The number of rotatable bonds is 7. The van der Waals surface area contributed by atoms with Gasteiger partial charge >= 0.3 is 0 Å². The highest BCUT2D eigenvalue weighted by atomic mass is 35.5. The summed E-state index contributed by atoms with van der Waals surface area (Å²) >= 11 is 6.19. The van der Waals surface area contributed by atoms with Crippen molar-refractivity contribution < 1.29 is 4.39 Å². The molecule has 2 heterocycles. The first kappa shape index (κ1) is 21.7. The van der Waals surface area contributed by atoms with Gasteiger partial charge in [0.25, 0.3) is 0 Å². The summed E-state index contributed by atoms with van der Waals surface area (Å²) in [5, 5.41) is 5.07. The Morgan fingerprint density at radius 3 is 2.58 bits per heavy atom. The van der Waals surface area contributed by atoms with Crippen molar-refractivity contribution in [3.8, 4) is 0 Å². The number of likely N-dealkylation sites (N-methyl/N-ethyl adjacent to an activating group) is 1. The maximum atomic E-state index is 13.1. The van der Waals surface area contributed by atoms with E-state index in [1.807, 2.05) is 30.4 Å². The molecule has 0 bridgehead atoms. The van der Waals surface area contributed by atoms with E-state index in [0.29, 0.717) is 10.8 Å². The van der Waals surface area contributed by atoms with Crippen LogP contribution >= 0.6 is 11.6 Å². The summed E-state index contributed by atoms with van der Waals surface area (Å²) < 4.78 is 13.1. The van der Waals surface area contributed by atoms with Gasteiger partial charge in [-0.25, -0.2) is 14.4 Å². The summed E-state index contributed by atoms with van der Waals surface area (Å²) in [5.74, 6) is 1.14. The fourth-order valence-corrected chi connectivity index (χ4v) is 3.82. The van der Waals surface area contributed by atoms with Crippen LogP contribution in [0.1, 0.15) is 17.8 Å². The summed E-state index contributed by atoms with van der Waals surface area (Å²) in [6.07, 6.45) is 4.76. The van der Waals surface area contributed by atoms with Gasteiger partial charge in [-0.15, -0.1) is 0 Å². The lowest BCUT2D eigenvalue weighted by molar-refractivity contribution is 0.154. The highest BCUT2D eigenvalue weighted by molar-refractivity contribution is 6.31. The fourth-order valence-electron chi connectivity index (χ4n) is 3.66. The molecule has 1 aromatic heterocycles. The lowest BCUT2D eigenvalue weighted by Crippen LogP contribution is -2.44. The zero-order chi connectivity index (χ0) is 21.6. The number of halogens is 2. The van der Waals surface area contributed by atoms with Crippen molar-refractivity contribution in [3.63, 3.8) is 0 Å². The quantitative estimate of drug-likeness (QED) is 0.543. The number of benzene rings is 2. The minimum Gasteiger partial charge on any atom is -0.369 e. The van der Waals surface area contributed by atoms with E-state index in [1.165, 1.54) is 12.1 Å². The second kappa shape index (κ2) is 10.2. The molecule has 0 radical (unpaired) electrons. The van der Waals surface area contributed by atoms with Crippen LogP contribution in [0.15, 0.2) is 42.5 Å². The third-order valence-corrected chi connectivity index (χ3v) is 5.75. The van der Waals surface area contributed by atoms with Gasteiger partial charge in [-0.3, -0.25) is 0 Å². The Hall–Kier alpha value is -2.54.